The van der Waals surface area contributed by atoms with Gasteiger partial charge < -0.3 is 10.0 Å². The molecule has 0 bridgehead atoms. The van der Waals surface area contributed by atoms with E-state index in [0.29, 0.717) is 6.54 Å². The number of hydrogen-bond acceptors (Lipinski definition) is 4. The highest BCUT2D eigenvalue weighted by Crippen LogP contribution is 2.00. The molecule has 16 heavy (non-hydrogen) atoms. The number of unbranched alkanes of at least 4 members (excludes halogenated alkanes) is 2. The van der Waals surface area contributed by atoms with Crippen LogP contribution in [0.15, 0.2) is 0 Å². The molecule has 5 nitrogen and oxygen atoms in total. The minimum Gasteiger partial charge on any atom is -0.396 e. The maximum absolute atomic E-state index is 11.5. The summed E-state index contributed by atoms with van der Waals surface area (Å²) in [6.07, 6.45) is 3.63. The summed E-state index contributed by atoms with van der Waals surface area (Å²) in [7, 11) is -1.39. The molecule has 0 radical (unpaired) electrons. The molecule has 0 saturated heterocycles. The van der Waals surface area contributed by atoms with E-state index in [9.17, 15) is 13.2 Å². The average Bonchev–Trinajstić information content (AvgIpc) is 2.19. The van der Waals surface area contributed by atoms with E-state index in [1.54, 1.807) is 11.9 Å². The van der Waals surface area contributed by atoms with Crippen molar-refractivity contribution < 1.29 is 18.3 Å². The second kappa shape index (κ2) is 7.62. The average molecular weight is 251 g/mol. The van der Waals surface area contributed by atoms with Gasteiger partial charge >= 0.3 is 0 Å². The van der Waals surface area contributed by atoms with Crippen molar-refractivity contribution in [2.45, 2.75) is 25.7 Å². The Labute approximate surface area is 97.4 Å². The second-order valence-electron chi connectivity index (χ2n) is 3.98. The number of carbonyl (C=O) groups is 1. The molecule has 1 amide bonds. The van der Waals surface area contributed by atoms with Crippen molar-refractivity contribution in [2.24, 2.45) is 0 Å². The third kappa shape index (κ3) is 8.67. The van der Waals surface area contributed by atoms with Crippen molar-refractivity contribution in [1.29, 1.82) is 0 Å². The first-order chi connectivity index (χ1) is 7.37. The van der Waals surface area contributed by atoms with Gasteiger partial charge in [-0.05, 0) is 19.3 Å². The molecular formula is C10H21NO4S. The molecule has 0 spiro atoms. The molecule has 1 N–H and O–H groups in total. The lowest BCUT2D eigenvalue weighted by Gasteiger charge is -2.16. The predicted octanol–water partition coefficient (Wildman–Crippen LogP) is 0.0421. The van der Waals surface area contributed by atoms with Gasteiger partial charge in [0.1, 0.15) is 9.84 Å². The molecule has 0 aromatic carbocycles. The largest absolute Gasteiger partial charge is 0.396 e. The summed E-state index contributed by atoms with van der Waals surface area (Å²) in [5.41, 5.74) is 0. The summed E-state index contributed by atoms with van der Waals surface area (Å²) in [4.78, 5) is 13.0. The number of aliphatic hydroxyl groups is 1. The highest BCUT2D eigenvalue weighted by molar-refractivity contribution is 7.90. The Kier molecular flexibility index (Phi) is 7.33. The molecule has 0 fully saturated rings. The van der Waals surface area contributed by atoms with Gasteiger partial charge in [0, 0.05) is 32.9 Å². The molecule has 0 atom stereocenters. The van der Waals surface area contributed by atoms with Crippen LogP contribution in [0, 0.1) is 0 Å². The van der Waals surface area contributed by atoms with E-state index < -0.39 is 9.84 Å². The number of sulfone groups is 1. The number of carbonyl (C=O) groups excluding carboxylic acids is 1. The number of amides is 1. The van der Waals surface area contributed by atoms with Crippen LogP contribution in [0.4, 0.5) is 0 Å². The highest BCUT2D eigenvalue weighted by Gasteiger charge is 2.11. The fourth-order valence-electron chi connectivity index (χ4n) is 1.23. The Morgan fingerprint density at radius 3 is 2.38 bits per heavy atom. The van der Waals surface area contributed by atoms with Crippen LogP contribution in [-0.2, 0) is 14.6 Å². The number of nitrogens with zero attached hydrogens (tertiary/aromatic N) is 1. The van der Waals surface area contributed by atoms with Crippen LogP contribution in [0.25, 0.3) is 0 Å². The third-order valence-corrected chi connectivity index (χ3v) is 3.21. The minimum atomic E-state index is -3.06. The smallest absolute Gasteiger partial charge is 0.223 e. The van der Waals surface area contributed by atoms with Crippen molar-refractivity contribution in [3.05, 3.63) is 0 Å². The van der Waals surface area contributed by atoms with Gasteiger partial charge in [0.15, 0.2) is 0 Å². The summed E-state index contributed by atoms with van der Waals surface area (Å²) >= 11 is 0. The van der Waals surface area contributed by atoms with E-state index >= 15 is 0 Å². The van der Waals surface area contributed by atoms with E-state index in [2.05, 4.69) is 0 Å². The zero-order valence-electron chi connectivity index (χ0n) is 9.98. The fraction of sp³-hybridized carbons (Fsp3) is 0.900. The van der Waals surface area contributed by atoms with Gasteiger partial charge in [0.05, 0.1) is 5.75 Å². The number of rotatable bonds is 8. The Balaban J connectivity index is 3.74. The van der Waals surface area contributed by atoms with Gasteiger partial charge in [-0.1, -0.05) is 0 Å². The summed E-state index contributed by atoms with van der Waals surface area (Å²) in [5.74, 6) is -0.235. The standard InChI is InChI=1S/C10H21NO4S/c1-11(7-4-3-5-8-12)10(13)6-9-16(2,14)15/h12H,3-9H2,1-2H3. The Hall–Kier alpha value is -0.620. The maximum atomic E-state index is 11.5. The molecule has 0 aliphatic carbocycles. The van der Waals surface area contributed by atoms with Gasteiger partial charge in [0.2, 0.25) is 5.91 Å². The molecule has 6 heteroatoms. The number of hydrogen-bond donors (Lipinski definition) is 1. The van der Waals surface area contributed by atoms with Crippen LogP contribution < -0.4 is 0 Å². The lowest BCUT2D eigenvalue weighted by Crippen LogP contribution is -2.29. The zero-order chi connectivity index (χ0) is 12.6. The summed E-state index contributed by atoms with van der Waals surface area (Å²) in [6, 6.07) is 0. The van der Waals surface area contributed by atoms with E-state index in [-0.39, 0.29) is 24.7 Å². The van der Waals surface area contributed by atoms with Crippen LogP contribution in [0.1, 0.15) is 25.7 Å². The topological polar surface area (TPSA) is 74.7 Å². The van der Waals surface area contributed by atoms with Crippen molar-refractivity contribution in [1.82, 2.24) is 4.90 Å². The van der Waals surface area contributed by atoms with Crippen molar-refractivity contribution in [2.75, 3.05) is 32.2 Å². The SMILES string of the molecule is CN(CCCCCO)C(=O)CCS(C)(=O)=O. The first-order valence-corrected chi connectivity index (χ1v) is 7.45. The van der Waals surface area contributed by atoms with Crippen molar-refractivity contribution in [3.63, 3.8) is 0 Å². The molecular weight excluding hydrogens is 230 g/mol. The molecule has 0 aromatic rings. The van der Waals surface area contributed by atoms with Gasteiger partial charge in [0.25, 0.3) is 0 Å². The van der Waals surface area contributed by atoms with Crippen molar-refractivity contribution in [3.8, 4) is 0 Å². The molecule has 0 aliphatic rings. The summed E-state index contributed by atoms with van der Waals surface area (Å²) in [5, 5.41) is 8.57. The molecule has 0 unspecified atom stereocenters. The van der Waals surface area contributed by atoms with Gasteiger partial charge in [-0.15, -0.1) is 0 Å². The van der Waals surface area contributed by atoms with Gasteiger partial charge in [-0.3, -0.25) is 4.79 Å². The quantitative estimate of drug-likeness (QED) is 0.618. The van der Waals surface area contributed by atoms with Crippen LogP contribution >= 0.6 is 0 Å². The van der Waals surface area contributed by atoms with Gasteiger partial charge in [-0.25, -0.2) is 8.42 Å². The first-order valence-electron chi connectivity index (χ1n) is 5.39. The lowest BCUT2D eigenvalue weighted by atomic mass is 10.2. The van der Waals surface area contributed by atoms with E-state index in [4.69, 9.17) is 5.11 Å². The second-order valence-corrected chi connectivity index (χ2v) is 6.24. The molecule has 0 heterocycles. The monoisotopic (exact) mass is 251 g/mol. The van der Waals surface area contributed by atoms with Crippen LogP contribution in [0.3, 0.4) is 0 Å². The molecule has 0 aromatic heterocycles. The van der Waals surface area contributed by atoms with E-state index in [1.165, 1.54) is 0 Å². The van der Waals surface area contributed by atoms with E-state index in [0.717, 1.165) is 25.5 Å². The maximum Gasteiger partial charge on any atom is 0.223 e. The minimum absolute atomic E-state index is 0.0509. The van der Waals surface area contributed by atoms with E-state index in [1.807, 2.05) is 0 Å². The lowest BCUT2D eigenvalue weighted by molar-refractivity contribution is -0.129. The zero-order valence-corrected chi connectivity index (χ0v) is 10.8. The Morgan fingerprint density at radius 1 is 1.25 bits per heavy atom. The fourth-order valence-corrected chi connectivity index (χ4v) is 1.77. The van der Waals surface area contributed by atoms with Gasteiger partial charge in [-0.2, -0.15) is 0 Å². The summed E-state index contributed by atoms with van der Waals surface area (Å²) in [6.45, 7) is 0.786. The highest BCUT2D eigenvalue weighted by atomic mass is 32.2. The molecule has 0 aliphatic heterocycles. The molecule has 96 valence electrons. The first kappa shape index (κ1) is 15.4. The third-order valence-electron chi connectivity index (χ3n) is 2.26. The van der Waals surface area contributed by atoms with Crippen molar-refractivity contribution >= 4 is 15.7 Å². The van der Waals surface area contributed by atoms with Crippen LogP contribution in [-0.4, -0.2) is 56.5 Å². The molecule has 0 saturated carbocycles. The normalized spacial score (nSPS) is 11.4. The van der Waals surface area contributed by atoms with Crippen LogP contribution in [0.5, 0.6) is 0 Å². The molecule has 0 rings (SSSR count). The number of aliphatic hydroxyl groups excluding tert-OH is 1. The predicted molar refractivity (Wildman–Crippen MR) is 62.9 cm³/mol. The Morgan fingerprint density at radius 2 is 1.88 bits per heavy atom. The summed E-state index contributed by atoms with van der Waals surface area (Å²) < 4.78 is 21.7. The van der Waals surface area contributed by atoms with Crippen LogP contribution in [0.2, 0.25) is 0 Å². The Bertz CT molecular complexity index is 300.